The maximum Gasteiger partial charge on any atom is 0.0703 e. The van der Waals surface area contributed by atoms with Crippen LogP contribution in [0, 0.1) is 0 Å². The molecule has 2 heterocycles. The maximum absolute atomic E-state index is 2.52. The van der Waals surface area contributed by atoms with Crippen LogP contribution in [-0.4, -0.2) is 6.04 Å². The maximum atomic E-state index is 2.52. The molecule has 302 valence electrons. The fourth-order valence-corrected chi connectivity index (χ4v) is 10.4. The van der Waals surface area contributed by atoms with Crippen LogP contribution in [0.5, 0.6) is 0 Å². The smallest absolute Gasteiger partial charge is 0.0703 e. The highest BCUT2D eigenvalue weighted by Gasteiger charge is 2.38. The Labute approximate surface area is 370 Å². The van der Waals surface area contributed by atoms with Crippen molar-refractivity contribution in [1.82, 2.24) is 0 Å². The third-order valence-electron chi connectivity index (χ3n) is 13.4. The summed E-state index contributed by atoms with van der Waals surface area (Å²) in [5.74, 6) is 0. The van der Waals surface area contributed by atoms with Crippen LogP contribution in [0.4, 0.5) is 62.6 Å². The van der Waals surface area contributed by atoms with Gasteiger partial charge < -0.3 is 19.6 Å². The number of para-hydroxylation sites is 9. The third-order valence-corrected chi connectivity index (χ3v) is 13.4. The summed E-state index contributed by atoms with van der Waals surface area (Å²) in [6, 6.07) is 69.0. The average Bonchev–Trinajstić information content (AvgIpc) is 3.56. The molecule has 8 aromatic carbocycles. The van der Waals surface area contributed by atoms with Crippen molar-refractivity contribution in [3.8, 4) is 11.1 Å². The van der Waals surface area contributed by atoms with Gasteiger partial charge in [-0.2, -0.15) is 0 Å². The molecule has 0 amide bonds. The number of rotatable bonds is 6. The molecule has 0 radical (unpaired) electrons. The quantitative estimate of drug-likeness (QED) is 0.155. The summed E-state index contributed by atoms with van der Waals surface area (Å²) in [4.78, 5) is 9.73. The third kappa shape index (κ3) is 5.97. The summed E-state index contributed by atoms with van der Waals surface area (Å²) in [6.07, 6.45) is 14.4. The summed E-state index contributed by atoms with van der Waals surface area (Å²) in [5, 5.41) is 0. The first-order valence-corrected chi connectivity index (χ1v) is 22.0. The molecule has 0 N–H and O–H groups in total. The van der Waals surface area contributed by atoms with Gasteiger partial charge in [0.05, 0.1) is 51.5 Å². The van der Waals surface area contributed by atoms with Crippen molar-refractivity contribution in [1.29, 1.82) is 0 Å². The molecular weight excluding hydrogens is 765 g/mol. The molecule has 4 nitrogen and oxygen atoms in total. The molecular formula is C59H46N4. The van der Waals surface area contributed by atoms with Crippen LogP contribution in [0.1, 0.15) is 42.5 Å². The summed E-state index contributed by atoms with van der Waals surface area (Å²) >= 11 is 0. The highest BCUT2D eigenvalue weighted by molar-refractivity contribution is 6.02. The Morgan fingerprint density at radius 2 is 0.841 bits per heavy atom. The van der Waals surface area contributed by atoms with Gasteiger partial charge in [-0.15, -0.1) is 0 Å². The molecule has 2 aliphatic heterocycles. The predicted molar refractivity (Wildman–Crippen MR) is 266 cm³/mol. The standard InChI is InChI=1S/C59H46N4/c1-59(2)49-39-42(30-29-41-31-34-45(35-32-41)62-53-23-11-9-21-51(53)60(43-17-5-3-6-18-43)52-22-10-12-24-54(52)62)33-37-47(49)48-38-36-46(40-50(48)59)63-57-27-15-13-25-55(57)61(44-19-7-4-8-20-44)56-26-14-16-28-58(56)63/h3-19,21-40,44H,20H2,1-2H3/b30-29+. The fraction of sp³-hybridized carbons (Fsp3) is 0.0847. The zero-order chi connectivity index (χ0) is 42.1. The molecule has 2 aliphatic carbocycles. The molecule has 0 aromatic heterocycles. The van der Waals surface area contributed by atoms with E-state index in [1.807, 2.05) is 0 Å². The Kier molecular flexibility index (Phi) is 8.62. The molecule has 8 aromatic rings. The van der Waals surface area contributed by atoms with Crippen LogP contribution in [0.15, 0.2) is 212 Å². The van der Waals surface area contributed by atoms with E-state index in [-0.39, 0.29) is 11.5 Å². The van der Waals surface area contributed by atoms with Crippen LogP contribution < -0.4 is 19.6 Å². The van der Waals surface area contributed by atoms with Gasteiger partial charge in [-0.1, -0.05) is 153 Å². The lowest BCUT2D eigenvalue weighted by Gasteiger charge is -2.43. The van der Waals surface area contributed by atoms with Crippen LogP contribution >= 0.6 is 0 Å². The summed E-state index contributed by atoms with van der Waals surface area (Å²) in [5.41, 5.74) is 20.5. The SMILES string of the molecule is CC1(C)c2cc(/C=C/c3ccc(N4c5ccccc5N(c5ccccc5)c5ccccc54)cc3)ccc2-c2ccc(N3c4ccccc4N(C4C=CC=CC4)c4ccccc43)cc21. The van der Waals surface area contributed by atoms with Gasteiger partial charge in [-0.25, -0.2) is 0 Å². The van der Waals surface area contributed by atoms with Crippen molar-refractivity contribution >= 4 is 74.7 Å². The lowest BCUT2D eigenvalue weighted by atomic mass is 9.81. The number of fused-ring (bicyclic) bond motifs is 7. The minimum absolute atomic E-state index is 0.177. The van der Waals surface area contributed by atoms with E-state index in [1.54, 1.807) is 0 Å². The van der Waals surface area contributed by atoms with Crippen LogP contribution in [0.2, 0.25) is 0 Å². The van der Waals surface area contributed by atoms with Gasteiger partial charge in [0.25, 0.3) is 0 Å². The molecule has 4 aliphatic rings. The molecule has 0 saturated carbocycles. The number of hydrogen-bond acceptors (Lipinski definition) is 4. The van der Waals surface area contributed by atoms with Crippen LogP contribution in [0.25, 0.3) is 23.3 Å². The van der Waals surface area contributed by atoms with E-state index in [9.17, 15) is 0 Å². The van der Waals surface area contributed by atoms with Crippen molar-refractivity contribution in [3.05, 3.63) is 235 Å². The second-order valence-electron chi connectivity index (χ2n) is 17.4. The lowest BCUT2D eigenvalue weighted by molar-refractivity contribution is 0.660. The highest BCUT2D eigenvalue weighted by atomic mass is 15.3. The second kappa shape index (κ2) is 14.7. The van der Waals surface area contributed by atoms with E-state index in [2.05, 4.69) is 258 Å². The Hall–Kier alpha value is -7.82. The Balaban J connectivity index is 0.836. The summed E-state index contributed by atoms with van der Waals surface area (Å²) < 4.78 is 0. The Morgan fingerprint density at radius 3 is 1.40 bits per heavy atom. The van der Waals surface area contributed by atoms with Gasteiger partial charge in [0.15, 0.2) is 0 Å². The van der Waals surface area contributed by atoms with Crippen LogP contribution in [-0.2, 0) is 5.41 Å². The Bertz CT molecular complexity index is 3060. The van der Waals surface area contributed by atoms with E-state index >= 15 is 0 Å². The minimum Gasteiger partial charge on any atom is -0.331 e. The van der Waals surface area contributed by atoms with Crippen molar-refractivity contribution in [2.45, 2.75) is 31.7 Å². The van der Waals surface area contributed by atoms with Gasteiger partial charge >= 0.3 is 0 Å². The van der Waals surface area contributed by atoms with Gasteiger partial charge in [0.2, 0.25) is 0 Å². The van der Waals surface area contributed by atoms with Gasteiger partial charge in [0.1, 0.15) is 0 Å². The molecule has 1 unspecified atom stereocenters. The summed E-state index contributed by atoms with van der Waals surface area (Å²) in [7, 11) is 0. The number of hydrogen-bond donors (Lipinski definition) is 0. The molecule has 0 saturated heterocycles. The normalized spacial score (nSPS) is 16.3. The van der Waals surface area contributed by atoms with Crippen molar-refractivity contribution in [3.63, 3.8) is 0 Å². The van der Waals surface area contributed by atoms with Crippen molar-refractivity contribution in [2.24, 2.45) is 0 Å². The zero-order valence-electron chi connectivity index (χ0n) is 35.4. The van der Waals surface area contributed by atoms with Crippen molar-refractivity contribution in [2.75, 3.05) is 19.6 Å². The molecule has 63 heavy (non-hydrogen) atoms. The van der Waals surface area contributed by atoms with Crippen molar-refractivity contribution < 1.29 is 0 Å². The molecule has 0 fully saturated rings. The highest BCUT2D eigenvalue weighted by Crippen LogP contribution is 2.56. The topological polar surface area (TPSA) is 13.0 Å². The summed E-state index contributed by atoms with van der Waals surface area (Å²) in [6.45, 7) is 4.76. The number of allylic oxidation sites excluding steroid dienone is 2. The lowest BCUT2D eigenvalue weighted by Crippen LogP contribution is -2.34. The van der Waals surface area contributed by atoms with Gasteiger partial charge in [-0.05, 0) is 125 Å². The fourth-order valence-electron chi connectivity index (χ4n) is 10.4. The second-order valence-corrected chi connectivity index (χ2v) is 17.4. The van der Waals surface area contributed by atoms with Crippen LogP contribution in [0.3, 0.4) is 0 Å². The largest absolute Gasteiger partial charge is 0.331 e. The van der Waals surface area contributed by atoms with Gasteiger partial charge in [0, 0.05) is 22.5 Å². The molecule has 12 rings (SSSR count). The predicted octanol–water partition coefficient (Wildman–Crippen LogP) is 16.2. The monoisotopic (exact) mass is 810 g/mol. The van der Waals surface area contributed by atoms with Gasteiger partial charge in [-0.3, -0.25) is 0 Å². The molecule has 4 heteroatoms. The average molecular weight is 811 g/mol. The first-order valence-electron chi connectivity index (χ1n) is 22.0. The first kappa shape index (κ1) is 37.0. The molecule has 1 atom stereocenters. The van der Waals surface area contributed by atoms with E-state index in [0.717, 1.165) is 46.1 Å². The first-order chi connectivity index (χ1) is 31.0. The van der Waals surface area contributed by atoms with E-state index in [4.69, 9.17) is 0 Å². The molecule has 0 spiro atoms. The number of anilines is 11. The number of nitrogens with zero attached hydrogens (tertiary/aromatic N) is 4. The van der Waals surface area contributed by atoms with E-state index in [1.165, 1.54) is 56.3 Å². The Morgan fingerprint density at radius 1 is 0.413 bits per heavy atom. The van der Waals surface area contributed by atoms with E-state index in [0.29, 0.717) is 0 Å². The molecule has 0 bridgehead atoms. The zero-order valence-corrected chi connectivity index (χ0v) is 35.4. The minimum atomic E-state index is -0.177. The van der Waals surface area contributed by atoms with E-state index < -0.39 is 0 Å². The number of benzene rings is 8.